The van der Waals surface area contributed by atoms with Crippen molar-refractivity contribution >= 4 is 5.97 Å². The van der Waals surface area contributed by atoms with Crippen molar-refractivity contribution in [2.45, 2.75) is 6.04 Å². The molecule has 0 saturated carbocycles. The predicted octanol–water partition coefficient (Wildman–Crippen LogP) is 0.731. The molecule has 0 aliphatic carbocycles. The molecule has 2 N–H and O–H groups in total. The summed E-state index contributed by atoms with van der Waals surface area (Å²) in [6.07, 6.45) is 0. The molecule has 1 atom stereocenters. The molecule has 4 heteroatoms. The van der Waals surface area contributed by atoms with Crippen LogP contribution in [0.2, 0.25) is 0 Å². The van der Waals surface area contributed by atoms with Gasteiger partial charge >= 0.3 is 5.97 Å². The van der Waals surface area contributed by atoms with Gasteiger partial charge in [-0.05, 0) is 17.7 Å². The summed E-state index contributed by atoms with van der Waals surface area (Å²) in [6, 6.07) is 7.72. The molecular weight excluding hydrogens is 180 g/mol. The van der Waals surface area contributed by atoms with E-state index in [4.69, 9.17) is 11.0 Å². The molecule has 14 heavy (non-hydrogen) atoms. The van der Waals surface area contributed by atoms with Crippen molar-refractivity contribution in [1.29, 1.82) is 5.26 Å². The van der Waals surface area contributed by atoms with Gasteiger partial charge in [0.2, 0.25) is 0 Å². The minimum atomic E-state index is -0.826. The van der Waals surface area contributed by atoms with E-state index in [1.54, 1.807) is 24.3 Å². The van der Waals surface area contributed by atoms with Crippen LogP contribution in [0.25, 0.3) is 0 Å². The molecule has 0 heterocycles. The lowest BCUT2D eigenvalue weighted by molar-refractivity contribution is -0.142. The van der Waals surface area contributed by atoms with Crippen molar-refractivity contribution < 1.29 is 9.53 Å². The molecular formula is C10H10N2O2. The topological polar surface area (TPSA) is 76.1 Å². The van der Waals surface area contributed by atoms with Crippen molar-refractivity contribution in [3.8, 4) is 6.07 Å². The molecule has 0 unspecified atom stereocenters. The van der Waals surface area contributed by atoms with Crippen LogP contribution in [0, 0.1) is 11.3 Å². The SMILES string of the molecule is COC(=O)[C@@H](N)c1cccc(C#N)c1. The largest absolute Gasteiger partial charge is 0.468 e. The zero-order chi connectivity index (χ0) is 10.6. The number of carbonyl (C=O) groups is 1. The number of ether oxygens (including phenoxy) is 1. The second kappa shape index (κ2) is 4.40. The summed E-state index contributed by atoms with van der Waals surface area (Å²) in [5.74, 6) is -0.514. The fraction of sp³-hybridized carbons (Fsp3) is 0.200. The molecule has 0 aromatic heterocycles. The summed E-state index contributed by atoms with van der Waals surface area (Å²) in [5, 5.41) is 8.63. The molecule has 1 aromatic rings. The van der Waals surface area contributed by atoms with E-state index in [2.05, 4.69) is 4.74 Å². The first-order valence-corrected chi connectivity index (χ1v) is 4.02. The van der Waals surface area contributed by atoms with Gasteiger partial charge in [0.05, 0.1) is 18.7 Å². The number of hydrogen-bond acceptors (Lipinski definition) is 4. The summed E-state index contributed by atoms with van der Waals surface area (Å²) in [4.78, 5) is 11.1. The van der Waals surface area contributed by atoms with Crippen LogP contribution in [0.4, 0.5) is 0 Å². The molecule has 0 radical (unpaired) electrons. The van der Waals surface area contributed by atoms with Gasteiger partial charge in [-0.25, -0.2) is 0 Å². The highest BCUT2D eigenvalue weighted by atomic mass is 16.5. The number of nitrogens with zero attached hydrogens (tertiary/aromatic N) is 1. The Morgan fingerprint density at radius 3 is 2.93 bits per heavy atom. The molecule has 0 bridgehead atoms. The first kappa shape index (κ1) is 10.2. The monoisotopic (exact) mass is 190 g/mol. The third kappa shape index (κ3) is 2.09. The van der Waals surface area contributed by atoms with Gasteiger partial charge in [-0.2, -0.15) is 5.26 Å². The number of hydrogen-bond donors (Lipinski definition) is 1. The minimum absolute atomic E-state index is 0.474. The maximum Gasteiger partial charge on any atom is 0.327 e. The highest BCUT2D eigenvalue weighted by Gasteiger charge is 2.15. The minimum Gasteiger partial charge on any atom is -0.468 e. The zero-order valence-electron chi connectivity index (χ0n) is 7.73. The Balaban J connectivity index is 2.96. The van der Waals surface area contributed by atoms with E-state index in [1.165, 1.54) is 7.11 Å². The first-order valence-electron chi connectivity index (χ1n) is 4.02. The predicted molar refractivity (Wildman–Crippen MR) is 50.1 cm³/mol. The molecule has 4 nitrogen and oxygen atoms in total. The molecule has 0 aliphatic heterocycles. The fourth-order valence-electron chi connectivity index (χ4n) is 1.06. The molecule has 0 fully saturated rings. The van der Waals surface area contributed by atoms with Crippen LogP contribution >= 0.6 is 0 Å². The Hall–Kier alpha value is -1.86. The standard InChI is InChI=1S/C10H10N2O2/c1-14-10(13)9(12)8-4-2-3-7(5-8)6-11/h2-5,9H,12H2,1H3/t9-/m0/s1. The van der Waals surface area contributed by atoms with Crippen molar-refractivity contribution in [3.63, 3.8) is 0 Å². The Labute approximate surface area is 81.9 Å². The van der Waals surface area contributed by atoms with Gasteiger partial charge in [-0.15, -0.1) is 0 Å². The highest BCUT2D eigenvalue weighted by molar-refractivity contribution is 5.77. The fourth-order valence-corrected chi connectivity index (χ4v) is 1.06. The number of rotatable bonds is 2. The van der Waals surface area contributed by atoms with Crippen molar-refractivity contribution in [1.82, 2.24) is 0 Å². The second-order valence-corrected chi connectivity index (χ2v) is 2.74. The summed E-state index contributed by atoms with van der Waals surface area (Å²) < 4.78 is 4.49. The van der Waals surface area contributed by atoms with Gasteiger partial charge in [0.15, 0.2) is 0 Å². The lowest BCUT2D eigenvalue weighted by atomic mass is 10.1. The van der Waals surface area contributed by atoms with E-state index in [0.29, 0.717) is 11.1 Å². The summed E-state index contributed by atoms with van der Waals surface area (Å²) in [6.45, 7) is 0. The number of carbonyl (C=O) groups excluding carboxylic acids is 1. The van der Waals surface area contributed by atoms with Crippen molar-refractivity contribution in [3.05, 3.63) is 35.4 Å². The van der Waals surface area contributed by atoms with Crippen LogP contribution in [0.3, 0.4) is 0 Å². The molecule has 72 valence electrons. The number of nitrogens with two attached hydrogens (primary N) is 1. The second-order valence-electron chi connectivity index (χ2n) is 2.74. The van der Waals surface area contributed by atoms with Crippen LogP contribution in [-0.2, 0) is 9.53 Å². The van der Waals surface area contributed by atoms with Gasteiger partial charge in [0, 0.05) is 0 Å². The van der Waals surface area contributed by atoms with Gasteiger partial charge in [-0.3, -0.25) is 4.79 Å². The van der Waals surface area contributed by atoms with Gasteiger partial charge in [0.1, 0.15) is 6.04 Å². The first-order chi connectivity index (χ1) is 6.69. The third-order valence-corrected chi connectivity index (χ3v) is 1.83. The van der Waals surface area contributed by atoms with Gasteiger partial charge < -0.3 is 10.5 Å². The maximum atomic E-state index is 11.1. The maximum absolute atomic E-state index is 11.1. The quantitative estimate of drug-likeness (QED) is 0.697. The number of esters is 1. The Kier molecular flexibility index (Phi) is 3.21. The average Bonchev–Trinajstić information content (AvgIpc) is 2.27. The van der Waals surface area contributed by atoms with E-state index in [-0.39, 0.29) is 0 Å². The summed E-state index contributed by atoms with van der Waals surface area (Å²) >= 11 is 0. The Morgan fingerprint density at radius 1 is 1.64 bits per heavy atom. The summed E-state index contributed by atoms with van der Waals surface area (Å²) in [5.41, 5.74) is 6.64. The normalized spacial score (nSPS) is 11.5. The van der Waals surface area contributed by atoms with Crippen molar-refractivity contribution in [2.75, 3.05) is 7.11 Å². The Bertz CT molecular complexity index is 382. The molecule has 0 aliphatic rings. The Morgan fingerprint density at radius 2 is 2.36 bits per heavy atom. The van der Waals surface area contributed by atoms with E-state index in [0.717, 1.165) is 0 Å². The van der Waals surface area contributed by atoms with Crippen LogP contribution in [0.15, 0.2) is 24.3 Å². The molecule has 1 aromatic carbocycles. The molecule has 0 spiro atoms. The van der Waals surface area contributed by atoms with E-state index < -0.39 is 12.0 Å². The van der Waals surface area contributed by atoms with E-state index in [1.807, 2.05) is 6.07 Å². The van der Waals surface area contributed by atoms with Gasteiger partial charge in [0.25, 0.3) is 0 Å². The summed E-state index contributed by atoms with van der Waals surface area (Å²) in [7, 11) is 1.27. The molecule has 0 saturated heterocycles. The van der Waals surface area contributed by atoms with Crippen LogP contribution in [0.1, 0.15) is 17.2 Å². The smallest absolute Gasteiger partial charge is 0.327 e. The molecule has 0 amide bonds. The zero-order valence-corrected chi connectivity index (χ0v) is 7.73. The van der Waals surface area contributed by atoms with Crippen LogP contribution in [-0.4, -0.2) is 13.1 Å². The number of methoxy groups -OCH3 is 1. The number of nitriles is 1. The lowest BCUT2D eigenvalue weighted by Crippen LogP contribution is -2.22. The third-order valence-electron chi connectivity index (χ3n) is 1.83. The van der Waals surface area contributed by atoms with E-state index in [9.17, 15) is 4.79 Å². The van der Waals surface area contributed by atoms with Crippen LogP contribution < -0.4 is 5.73 Å². The van der Waals surface area contributed by atoms with Crippen LogP contribution in [0.5, 0.6) is 0 Å². The number of benzene rings is 1. The average molecular weight is 190 g/mol. The van der Waals surface area contributed by atoms with Crippen molar-refractivity contribution in [2.24, 2.45) is 5.73 Å². The van der Waals surface area contributed by atoms with E-state index >= 15 is 0 Å². The van der Waals surface area contributed by atoms with Gasteiger partial charge in [-0.1, -0.05) is 12.1 Å². The lowest BCUT2D eigenvalue weighted by Gasteiger charge is -2.08. The highest BCUT2D eigenvalue weighted by Crippen LogP contribution is 2.13. The molecule has 1 rings (SSSR count).